The van der Waals surface area contributed by atoms with Crippen LogP contribution in [0.1, 0.15) is 11.1 Å². The Labute approximate surface area is 183 Å². The SMILES string of the molecule is O=C(COc1cccc2cccnc12)NC[C@H](O)CN1CCc2ccccc2C1.S. The van der Waals surface area contributed by atoms with E-state index in [1.807, 2.05) is 30.3 Å². The monoisotopic (exact) mass is 425 g/mol. The predicted molar refractivity (Wildman–Crippen MR) is 122 cm³/mol. The number of hydrogen-bond acceptors (Lipinski definition) is 5. The van der Waals surface area contributed by atoms with Crippen LogP contribution in [0.15, 0.2) is 60.8 Å². The molecule has 1 aliphatic rings. The van der Waals surface area contributed by atoms with Gasteiger partial charge in [-0.2, -0.15) is 13.5 Å². The average molecular weight is 426 g/mol. The van der Waals surface area contributed by atoms with Gasteiger partial charge in [-0.25, -0.2) is 0 Å². The van der Waals surface area contributed by atoms with Crippen LogP contribution < -0.4 is 10.1 Å². The van der Waals surface area contributed by atoms with Gasteiger partial charge in [0.05, 0.1) is 6.10 Å². The second kappa shape index (κ2) is 10.4. The van der Waals surface area contributed by atoms with Crippen molar-refractivity contribution in [2.45, 2.75) is 19.1 Å². The molecule has 0 spiro atoms. The van der Waals surface area contributed by atoms with Crippen LogP contribution in [0.3, 0.4) is 0 Å². The van der Waals surface area contributed by atoms with Crippen molar-refractivity contribution in [3.63, 3.8) is 0 Å². The number of hydrogen-bond donors (Lipinski definition) is 2. The van der Waals surface area contributed by atoms with Crippen LogP contribution in [0.2, 0.25) is 0 Å². The van der Waals surface area contributed by atoms with Crippen molar-refractivity contribution < 1.29 is 14.6 Å². The minimum absolute atomic E-state index is 0. The van der Waals surface area contributed by atoms with Crippen molar-refractivity contribution >= 4 is 30.3 Å². The molecule has 0 saturated heterocycles. The number of aliphatic hydroxyl groups excluding tert-OH is 1. The second-order valence-corrected chi connectivity index (χ2v) is 7.33. The first-order valence-electron chi connectivity index (χ1n) is 9.89. The molecule has 1 aromatic heterocycles. The number of pyridine rings is 1. The molecule has 30 heavy (non-hydrogen) atoms. The van der Waals surface area contributed by atoms with Crippen molar-refractivity contribution in [3.05, 3.63) is 71.9 Å². The number of fused-ring (bicyclic) bond motifs is 2. The van der Waals surface area contributed by atoms with Crippen LogP contribution in [0.4, 0.5) is 0 Å². The summed E-state index contributed by atoms with van der Waals surface area (Å²) >= 11 is 0. The summed E-state index contributed by atoms with van der Waals surface area (Å²) in [4.78, 5) is 18.7. The Bertz CT molecular complexity index is 993. The molecule has 0 saturated carbocycles. The van der Waals surface area contributed by atoms with E-state index in [0.29, 0.717) is 12.3 Å². The molecular weight excluding hydrogens is 398 g/mol. The van der Waals surface area contributed by atoms with Gasteiger partial charge in [0.15, 0.2) is 6.61 Å². The maximum Gasteiger partial charge on any atom is 0.258 e. The number of carbonyl (C=O) groups excluding carboxylic acids is 1. The zero-order valence-corrected chi connectivity index (χ0v) is 17.8. The van der Waals surface area contributed by atoms with E-state index in [1.165, 1.54) is 11.1 Å². The summed E-state index contributed by atoms with van der Waals surface area (Å²) in [5.41, 5.74) is 3.42. The zero-order chi connectivity index (χ0) is 20.1. The Kier molecular flexibility index (Phi) is 7.68. The molecule has 7 heteroatoms. The topological polar surface area (TPSA) is 74.7 Å². The highest BCUT2D eigenvalue weighted by atomic mass is 32.1. The van der Waals surface area contributed by atoms with Gasteiger partial charge in [0.2, 0.25) is 0 Å². The molecule has 1 atom stereocenters. The molecule has 0 radical (unpaired) electrons. The number of ether oxygens (including phenoxy) is 1. The summed E-state index contributed by atoms with van der Waals surface area (Å²) in [6, 6.07) is 17.8. The number of amides is 1. The first kappa shape index (κ1) is 22.1. The molecule has 0 unspecified atom stereocenters. The summed E-state index contributed by atoms with van der Waals surface area (Å²) in [6.07, 6.45) is 2.07. The lowest BCUT2D eigenvalue weighted by molar-refractivity contribution is -0.123. The van der Waals surface area contributed by atoms with Crippen molar-refractivity contribution in [3.8, 4) is 5.75 Å². The molecule has 0 aliphatic carbocycles. The minimum atomic E-state index is -0.622. The third-order valence-corrected chi connectivity index (χ3v) is 5.17. The van der Waals surface area contributed by atoms with Crippen LogP contribution in [-0.4, -0.2) is 53.2 Å². The summed E-state index contributed by atoms with van der Waals surface area (Å²) in [5.74, 6) is 0.312. The molecule has 4 rings (SSSR count). The smallest absolute Gasteiger partial charge is 0.258 e. The Morgan fingerprint density at radius 2 is 1.93 bits per heavy atom. The molecule has 1 amide bonds. The fraction of sp³-hybridized carbons (Fsp3) is 0.304. The number of nitrogens with one attached hydrogen (secondary N) is 1. The number of rotatable bonds is 7. The van der Waals surface area contributed by atoms with Gasteiger partial charge in [-0.15, -0.1) is 0 Å². The van der Waals surface area contributed by atoms with E-state index < -0.39 is 6.10 Å². The highest BCUT2D eigenvalue weighted by molar-refractivity contribution is 7.59. The van der Waals surface area contributed by atoms with Crippen LogP contribution in [0.25, 0.3) is 10.9 Å². The predicted octanol–water partition coefficient (Wildman–Crippen LogP) is 2.26. The van der Waals surface area contributed by atoms with Gasteiger partial charge < -0.3 is 15.2 Å². The summed E-state index contributed by atoms with van der Waals surface area (Å²) in [5, 5.41) is 14.0. The Morgan fingerprint density at radius 3 is 2.80 bits per heavy atom. The molecule has 2 heterocycles. The largest absolute Gasteiger partial charge is 0.481 e. The van der Waals surface area contributed by atoms with Gasteiger partial charge in [-0.05, 0) is 29.7 Å². The van der Waals surface area contributed by atoms with Gasteiger partial charge in [0.1, 0.15) is 11.3 Å². The van der Waals surface area contributed by atoms with E-state index in [2.05, 4.69) is 33.4 Å². The average Bonchev–Trinajstić information content (AvgIpc) is 2.76. The van der Waals surface area contributed by atoms with Crippen LogP contribution in [-0.2, 0) is 17.8 Å². The van der Waals surface area contributed by atoms with E-state index >= 15 is 0 Å². The lowest BCUT2D eigenvalue weighted by Gasteiger charge is -2.30. The number of aromatic nitrogens is 1. The van der Waals surface area contributed by atoms with Gasteiger partial charge in [-0.1, -0.05) is 42.5 Å². The molecule has 6 nitrogen and oxygen atoms in total. The first-order valence-corrected chi connectivity index (χ1v) is 9.89. The van der Waals surface area contributed by atoms with E-state index in [9.17, 15) is 9.90 Å². The molecule has 158 valence electrons. The molecule has 0 fully saturated rings. The molecule has 2 aromatic carbocycles. The maximum atomic E-state index is 12.1. The van der Waals surface area contributed by atoms with Gasteiger partial charge in [0, 0.05) is 37.8 Å². The highest BCUT2D eigenvalue weighted by Crippen LogP contribution is 2.22. The van der Waals surface area contributed by atoms with E-state index in [1.54, 1.807) is 12.3 Å². The van der Waals surface area contributed by atoms with Crippen LogP contribution in [0.5, 0.6) is 5.75 Å². The normalized spacial score (nSPS) is 14.4. The van der Waals surface area contributed by atoms with E-state index in [4.69, 9.17) is 4.74 Å². The number of carbonyl (C=O) groups is 1. The Hall–Kier alpha value is -2.61. The maximum absolute atomic E-state index is 12.1. The van der Waals surface area contributed by atoms with Crippen molar-refractivity contribution in [2.75, 3.05) is 26.2 Å². The molecular formula is C23H27N3O3S. The van der Waals surface area contributed by atoms with Crippen molar-refractivity contribution in [1.29, 1.82) is 0 Å². The third kappa shape index (κ3) is 5.50. The summed E-state index contributed by atoms with van der Waals surface area (Å²) in [7, 11) is 0. The molecule has 2 N–H and O–H groups in total. The standard InChI is InChI=1S/C23H25N3O3.H2S/c27-20(15-26-12-10-17-5-1-2-6-19(17)14-26)13-25-22(28)16-29-21-9-3-7-18-8-4-11-24-23(18)21;/h1-9,11,20,27H,10,12-16H2,(H,25,28);1H2/t20-;/m0./s1. The molecule has 3 aromatic rings. The Morgan fingerprint density at radius 1 is 1.13 bits per heavy atom. The number of nitrogens with zero attached hydrogens (tertiary/aromatic N) is 2. The summed E-state index contributed by atoms with van der Waals surface area (Å²) < 4.78 is 5.64. The molecule has 0 bridgehead atoms. The van der Waals surface area contributed by atoms with Gasteiger partial charge in [0.25, 0.3) is 5.91 Å². The van der Waals surface area contributed by atoms with E-state index in [0.717, 1.165) is 30.4 Å². The molecule has 1 aliphatic heterocycles. The van der Waals surface area contributed by atoms with Crippen LogP contribution in [0, 0.1) is 0 Å². The van der Waals surface area contributed by atoms with Crippen molar-refractivity contribution in [1.82, 2.24) is 15.2 Å². The quantitative estimate of drug-likeness (QED) is 0.607. The third-order valence-electron chi connectivity index (χ3n) is 5.17. The van der Waals surface area contributed by atoms with Crippen LogP contribution >= 0.6 is 13.5 Å². The number of aliphatic hydroxyl groups is 1. The summed E-state index contributed by atoms with van der Waals surface area (Å²) in [6.45, 7) is 2.37. The van der Waals surface area contributed by atoms with E-state index in [-0.39, 0.29) is 32.6 Å². The van der Waals surface area contributed by atoms with Gasteiger partial charge >= 0.3 is 0 Å². The van der Waals surface area contributed by atoms with Gasteiger partial charge in [-0.3, -0.25) is 14.7 Å². The number of benzene rings is 2. The van der Waals surface area contributed by atoms with Crippen molar-refractivity contribution in [2.24, 2.45) is 0 Å². The lowest BCUT2D eigenvalue weighted by atomic mass is 10.00. The lowest BCUT2D eigenvalue weighted by Crippen LogP contribution is -2.42. The zero-order valence-electron chi connectivity index (χ0n) is 16.8. The fourth-order valence-corrected chi connectivity index (χ4v) is 3.69. The minimum Gasteiger partial charge on any atom is -0.481 e. The highest BCUT2D eigenvalue weighted by Gasteiger charge is 2.18. The fourth-order valence-electron chi connectivity index (χ4n) is 3.69. The second-order valence-electron chi connectivity index (χ2n) is 7.33. The Balaban J connectivity index is 0.00000256. The number of para-hydroxylation sites is 1. The number of β-amino-alcohol motifs (C(OH)–C–C–N with tert-alkyl or cyclic N) is 1. The first-order chi connectivity index (χ1) is 14.2.